The van der Waals surface area contributed by atoms with Gasteiger partial charge in [-0.05, 0) is 55.0 Å². The number of carbonyl (C=O) groups is 2. The van der Waals surface area contributed by atoms with Gasteiger partial charge in [-0.3, -0.25) is 9.59 Å². The minimum Gasteiger partial charge on any atom is -0.483 e. The van der Waals surface area contributed by atoms with E-state index in [1.54, 1.807) is 21.9 Å². The summed E-state index contributed by atoms with van der Waals surface area (Å²) in [7, 11) is 0. The van der Waals surface area contributed by atoms with Crippen molar-refractivity contribution in [2.45, 2.75) is 25.7 Å². The van der Waals surface area contributed by atoms with Crippen molar-refractivity contribution in [3.8, 4) is 5.75 Å². The lowest BCUT2D eigenvalue weighted by molar-refractivity contribution is -0.134. The standard InChI is InChI=1S/C21H24N2O4/c24-20(15-27-18-8-3-6-16-5-1-2-7-17(16)18)22-10-12-23(13-11-22)21(25)19-9-4-14-26-19/h3-4,6,8-9,14H,1-2,5,7,10-13,15H2. The first-order valence-corrected chi connectivity index (χ1v) is 9.56. The maximum atomic E-state index is 12.5. The van der Waals surface area contributed by atoms with Crippen molar-refractivity contribution in [3.05, 3.63) is 53.5 Å². The molecule has 1 aliphatic heterocycles. The molecule has 0 atom stereocenters. The number of hydrogen-bond donors (Lipinski definition) is 0. The molecule has 0 radical (unpaired) electrons. The molecule has 27 heavy (non-hydrogen) atoms. The van der Waals surface area contributed by atoms with E-state index < -0.39 is 0 Å². The fourth-order valence-electron chi connectivity index (χ4n) is 3.83. The summed E-state index contributed by atoms with van der Waals surface area (Å²) in [6.45, 7) is 2.09. The van der Waals surface area contributed by atoms with E-state index in [0.717, 1.165) is 18.6 Å². The second-order valence-electron chi connectivity index (χ2n) is 7.04. The van der Waals surface area contributed by atoms with Crippen molar-refractivity contribution >= 4 is 11.8 Å². The van der Waals surface area contributed by atoms with Crippen LogP contribution in [0.5, 0.6) is 5.75 Å². The summed E-state index contributed by atoms with van der Waals surface area (Å²) in [5.74, 6) is 1.02. The number of carbonyl (C=O) groups excluding carboxylic acids is 2. The Balaban J connectivity index is 1.30. The summed E-state index contributed by atoms with van der Waals surface area (Å²) in [6.07, 6.45) is 6.00. The van der Waals surface area contributed by atoms with E-state index in [-0.39, 0.29) is 18.4 Å². The van der Waals surface area contributed by atoms with Crippen LogP contribution in [0.2, 0.25) is 0 Å². The fourth-order valence-corrected chi connectivity index (χ4v) is 3.83. The second-order valence-corrected chi connectivity index (χ2v) is 7.04. The van der Waals surface area contributed by atoms with Crippen molar-refractivity contribution < 1.29 is 18.7 Å². The molecular formula is C21H24N2O4. The van der Waals surface area contributed by atoms with Crippen molar-refractivity contribution in [2.75, 3.05) is 32.8 Å². The van der Waals surface area contributed by atoms with E-state index in [2.05, 4.69) is 6.07 Å². The van der Waals surface area contributed by atoms with Gasteiger partial charge in [0.15, 0.2) is 12.4 Å². The zero-order valence-corrected chi connectivity index (χ0v) is 15.4. The molecule has 0 spiro atoms. The van der Waals surface area contributed by atoms with Gasteiger partial charge in [0, 0.05) is 26.2 Å². The average molecular weight is 368 g/mol. The molecule has 2 aliphatic rings. The molecule has 0 N–H and O–H groups in total. The normalized spacial score (nSPS) is 16.7. The summed E-state index contributed by atoms with van der Waals surface area (Å²) in [6, 6.07) is 9.47. The Bertz CT molecular complexity index is 808. The molecule has 142 valence electrons. The first kappa shape index (κ1) is 17.6. The van der Waals surface area contributed by atoms with E-state index in [1.807, 2.05) is 12.1 Å². The van der Waals surface area contributed by atoms with Crippen LogP contribution >= 0.6 is 0 Å². The van der Waals surface area contributed by atoms with E-state index in [0.29, 0.717) is 31.9 Å². The number of furan rings is 1. The fraction of sp³-hybridized carbons (Fsp3) is 0.429. The molecule has 2 heterocycles. The Morgan fingerprint density at radius 2 is 1.74 bits per heavy atom. The number of rotatable bonds is 4. The predicted molar refractivity (Wildman–Crippen MR) is 99.8 cm³/mol. The number of benzene rings is 1. The van der Waals surface area contributed by atoms with Crippen molar-refractivity contribution in [2.24, 2.45) is 0 Å². The van der Waals surface area contributed by atoms with E-state index in [1.165, 1.54) is 30.2 Å². The highest BCUT2D eigenvalue weighted by Gasteiger charge is 2.26. The summed E-state index contributed by atoms with van der Waals surface area (Å²) in [4.78, 5) is 28.3. The third-order valence-corrected chi connectivity index (χ3v) is 5.36. The molecule has 2 amide bonds. The van der Waals surface area contributed by atoms with Gasteiger partial charge in [-0.25, -0.2) is 0 Å². The van der Waals surface area contributed by atoms with Gasteiger partial charge in [-0.15, -0.1) is 0 Å². The number of amides is 2. The minimum absolute atomic E-state index is 0.0338. The molecule has 1 aromatic heterocycles. The smallest absolute Gasteiger partial charge is 0.289 e. The van der Waals surface area contributed by atoms with Crippen molar-refractivity contribution in [1.29, 1.82) is 0 Å². The van der Waals surface area contributed by atoms with Crippen LogP contribution in [-0.2, 0) is 17.6 Å². The van der Waals surface area contributed by atoms with Gasteiger partial charge in [-0.1, -0.05) is 12.1 Å². The molecule has 2 aromatic rings. The largest absolute Gasteiger partial charge is 0.483 e. The lowest BCUT2D eigenvalue weighted by atomic mass is 9.91. The van der Waals surface area contributed by atoms with Gasteiger partial charge in [0.25, 0.3) is 11.8 Å². The van der Waals surface area contributed by atoms with E-state index in [4.69, 9.17) is 9.15 Å². The molecule has 0 unspecified atom stereocenters. The molecule has 4 rings (SSSR count). The highest BCUT2D eigenvalue weighted by Crippen LogP contribution is 2.29. The van der Waals surface area contributed by atoms with Crippen LogP contribution in [0.25, 0.3) is 0 Å². The minimum atomic E-state index is -0.126. The van der Waals surface area contributed by atoms with E-state index in [9.17, 15) is 9.59 Å². The average Bonchev–Trinajstić information content (AvgIpc) is 3.26. The van der Waals surface area contributed by atoms with Crippen LogP contribution in [0.4, 0.5) is 0 Å². The third kappa shape index (κ3) is 3.84. The molecule has 0 saturated carbocycles. The molecule has 1 fully saturated rings. The quantitative estimate of drug-likeness (QED) is 0.832. The highest BCUT2D eigenvalue weighted by atomic mass is 16.5. The molecule has 1 aromatic carbocycles. The Morgan fingerprint density at radius 1 is 0.963 bits per heavy atom. The van der Waals surface area contributed by atoms with Crippen LogP contribution in [-0.4, -0.2) is 54.4 Å². The number of fused-ring (bicyclic) bond motifs is 1. The zero-order chi connectivity index (χ0) is 18.6. The monoisotopic (exact) mass is 368 g/mol. The topological polar surface area (TPSA) is 63.0 Å². The second kappa shape index (κ2) is 7.86. The van der Waals surface area contributed by atoms with Crippen LogP contribution in [0.15, 0.2) is 41.0 Å². The summed E-state index contributed by atoms with van der Waals surface area (Å²) >= 11 is 0. The van der Waals surface area contributed by atoms with Crippen molar-refractivity contribution in [1.82, 2.24) is 9.80 Å². The molecule has 0 bridgehead atoms. The lowest BCUT2D eigenvalue weighted by Gasteiger charge is -2.34. The van der Waals surface area contributed by atoms with Crippen LogP contribution in [0.3, 0.4) is 0 Å². The van der Waals surface area contributed by atoms with Gasteiger partial charge in [0.2, 0.25) is 0 Å². The highest BCUT2D eigenvalue weighted by molar-refractivity contribution is 5.91. The van der Waals surface area contributed by atoms with Crippen molar-refractivity contribution in [3.63, 3.8) is 0 Å². The first-order chi connectivity index (χ1) is 13.2. The van der Waals surface area contributed by atoms with Crippen LogP contribution in [0, 0.1) is 0 Å². The summed E-state index contributed by atoms with van der Waals surface area (Å²) in [5.41, 5.74) is 2.60. The zero-order valence-electron chi connectivity index (χ0n) is 15.4. The van der Waals surface area contributed by atoms with Gasteiger partial charge in [0.1, 0.15) is 5.75 Å². The number of ether oxygens (including phenoxy) is 1. The molecule has 1 aliphatic carbocycles. The summed E-state index contributed by atoms with van der Waals surface area (Å²) < 4.78 is 11.0. The number of hydrogen-bond acceptors (Lipinski definition) is 4. The Morgan fingerprint density at radius 3 is 2.52 bits per heavy atom. The SMILES string of the molecule is O=C(COc1cccc2c1CCCC2)N1CCN(C(=O)c2ccco2)CC1. The molecular weight excluding hydrogens is 344 g/mol. The van der Waals surface area contributed by atoms with Gasteiger partial charge in [-0.2, -0.15) is 0 Å². The molecule has 6 heteroatoms. The lowest BCUT2D eigenvalue weighted by Crippen LogP contribution is -2.51. The maximum Gasteiger partial charge on any atom is 0.289 e. The van der Waals surface area contributed by atoms with Gasteiger partial charge in [0.05, 0.1) is 6.26 Å². The molecule has 1 saturated heterocycles. The number of piperazine rings is 1. The maximum absolute atomic E-state index is 12.5. The summed E-state index contributed by atoms with van der Waals surface area (Å²) in [5, 5.41) is 0. The first-order valence-electron chi connectivity index (χ1n) is 9.56. The Labute approximate surface area is 158 Å². The van der Waals surface area contributed by atoms with Gasteiger partial charge >= 0.3 is 0 Å². The third-order valence-electron chi connectivity index (χ3n) is 5.36. The predicted octanol–water partition coefficient (Wildman–Crippen LogP) is 2.52. The van der Waals surface area contributed by atoms with Crippen LogP contribution < -0.4 is 4.74 Å². The van der Waals surface area contributed by atoms with Gasteiger partial charge < -0.3 is 19.0 Å². The van der Waals surface area contributed by atoms with E-state index >= 15 is 0 Å². The molecule has 6 nitrogen and oxygen atoms in total. The number of aryl methyl sites for hydroxylation is 1. The Hall–Kier alpha value is -2.76. The van der Waals surface area contributed by atoms with Crippen LogP contribution in [0.1, 0.15) is 34.5 Å². The number of nitrogens with zero attached hydrogens (tertiary/aromatic N) is 2. The Kier molecular flexibility index (Phi) is 5.14.